The minimum atomic E-state index is -0.658. The zero-order valence-corrected chi connectivity index (χ0v) is 14.5. The van der Waals surface area contributed by atoms with Gasteiger partial charge < -0.3 is 0 Å². The summed E-state index contributed by atoms with van der Waals surface area (Å²) < 4.78 is 15.5. The van der Waals surface area contributed by atoms with Crippen LogP contribution in [0.4, 0.5) is 9.18 Å². The van der Waals surface area contributed by atoms with Gasteiger partial charge in [-0.05, 0) is 53.3 Å². The molecule has 0 atom stereocenters. The Morgan fingerprint density at radius 1 is 1.04 bits per heavy atom. The number of benzene rings is 2. The number of rotatable bonds is 3. The van der Waals surface area contributed by atoms with Crippen LogP contribution in [0, 0.1) is 5.82 Å². The van der Waals surface area contributed by atoms with Crippen LogP contribution in [-0.2, 0) is 5.41 Å². The van der Waals surface area contributed by atoms with Crippen LogP contribution in [0.3, 0.4) is 0 Å². The van der Waals surface area contributed by atoms with Crippen LogP contribution in [0.25, 0.3) is 0 Å². The zero-order chi connectivity index (χ0) is 17.7. The highest BCUT2D eigenvalue weighted by atomic mass is 32.2. The summed E-state index contributed by atoms with van der Waals surface area (Å²) in [6.07, 6.45) is 0. The average Bonchev–Trinajstić information content (AvgIpc) is 2.52. The molecule has 3 amide bonds. The van der Waals surface area contributed by atoms with E-state index in [4.69, 9.17) is 0 Å². The summed E-state index contributed by atoms with van der Waals surface area (Å²) in [5.74, 6) is -0.884. The Bertz CT molecular complexity index is 739. The largest absolute Gasteiger partial charge is 0.331 e. The molecular weight excluding hydrogens is 327 g/mol. The second-order valence-electron chi connectivity index (χ2n) is 6.27. The van der Waals surface area contributed by atoms with Gasteiger partial charge >= 0.3 is 6.03 Å². The van der Waals surface area contributed by atoms with Crippen LogP contribution in [0.5, 0.6) is 0 Å². The molecule has 0 saturated carbocycles. The van der Waals surface area contributed by atoms with Crippen molar-refractivity contribution in [3.63, 3.8) is 0 Å². The molecule has 0 unspecified atom stereocenters. The van der Waals surface area contributed by atoms with E-state index in [1.165, 1.54) is 12.1 Å². The van der Waals surface area contributed by atoms with E-state index in [1.807, 2.05) is 12.1 Å². The molecule has 0 spiro atoms. The first-order chi connectivity index (χ1) is 11.3. The molecule has 2 rings (SSSR count). The van der Waals surface area contributed by atoms with E-state index in [0.717, 1.165) is 17.5 Å². The maximum atomic E-state index is 13.0. The number of amides is 3. The first-order valence-corrected chi connectivity index (χ1v) is 8.21. The molecule has 0 fully saturated rings. The first kappa shape index (κ1) is 18.0. The summed E-state index contributed by atoms with van der Waals surface area (Å²) in [7, 11) is 0. The summed E-state index contributed by atoms with van der Waals surface area (Å²) in [5, 5.41) is 2.24. The lowest BCUT2D eigenvalue weighted by Gasteiger charge is -2.19. The minimum absolute atomic E-state index is 0.00597. The van der Waals surface area contributed by atoms with E-state index in [-0.39, 0.29) is 5.41 Å². The second-order valence-corrected chi connectivity index (χ2v) is 7.15. The first-order valence-electron chi connectivity index (χ1n) is 7.40. The number of carbonyl (C=O) groups is 2. The van der Waals surface area contributed by atoms with Crippen molar-refractivity contribution in [2.24, 2.45) is 0 Å². The van der Waals surface area contributed by atoms with Crippen LogP contribution in [0.15, 0.2) is 53.4 Å². The van der Waals surface area contributed by atoms with Crippen LogP contribution >= 0.6 is 11.9 Å². The van der Waals surface area contributed by atoms with Crippen molar-refractivity contribution in [1.82, 2.24) is 10.0 Å². The van der Waals surface area contributed by atoms with E-state index in [2.05, 4.69) is 30.8 Å². The third-order valence-corrected chi connectivity index (χ3v) is 4.07. The van der Waals surface area contributed by atoms with Crippen molar-refractivity contribution >= 4 is 23.9 Å². The van der Waals surface area contributed by atoms with Crippen molar-refractivity contribution in [1.29, 1.82) is 0 Å². The maximum Gasteiger partial charge on any atom is 0.331 e. The monoisotopic (exact) mass is 346 g/mol. The van der Waals surface area contributed by atoms with Gasteiger partial charge in [0.05, 0.1) is 0 Å². The Labute approximate surface area is 145 Å². The van der Waals surface area contributed by atoms with Gasteiger partial charge in [-0.15, -0.1) is 0 Å². The number of imide groups is 1. The summed E-state index contributed by atoms with van der Waals surface area (Å²) in [6, 6.07) is 12.2. The van der Waals surface area contributed by atoms with Crippen molar-refractivity contribution in [3.8, 4) is 0 Å². The highest BCUT2D eigenvalue weighted by molar-refractivity contribution is 7.98. The van der Waals surface area contributed by atoms with E-state index in [0.29, 0.717) is 10.5 Å². The Morgan fingerprint density at radius 3 is 2.29 bits per heavy atom. The molecule has 0 saturated heterocycles. The molecule has 126 valence electrons. The lowest BCUT2D eigenvalue weighted by atomic mass is 9.87. The summed E-state index contributed by atoms with van der Waals surface area (Å²) in [4.78, 5) is 24.3. The molecule has 0 aliphatic rings. The predicted molar refractivity (Wildman–Crippen MR) is 93.4 cm³/mol. The number of carbonyl (C=O) groups excluding carboxylic acids is 2. The number of hydrogen-bond donors (Lipinski definition) is 2. The Hall–Kier alpha value is -2.34. The second kappa shape index (κ2) is 7.49. The Morgan fingerprint density at radius 2 is 1.71 bits per heavy atom. The highest BCUT2D eigenvalue weighted by Crippen LogP contribution is 2.22. The Kier molecular flexibility index (Phi) is 5.62. The van der Waals surface area contributed by atoms with Crippen LogP contribution in [0.1, 0.15) is 36.7 Å². The van der Waals surface area contributed by atoms with E-state index < -0.39 is 17.8 Å². The SMILES string of the molecule is CC(C)(C)c1ccc(C(=O)NC(=O)NSc2cccc(F)c2)cc1. The standard InChI is InChI=1S/C18H19FN2O2S/c1-18(2,3)13-9-7-12(8-10-13)16(22)20-17(23)21-24-15-6-4-5-14(19)11-15/h4-11H,1-3H3,(H2,20,21,22,23). The average molecular weight is 346 g/mol. The molecular formula is C18H19FN2O2S. The third kappa shape index (κ3) is 5.09. The van der Waals surface area contributed by atoms with Crippen molar-refractivity contribution in [3.05, 3.63) is 65.5 Å². The Balaban J connectivity index is 1.90. The fraction of sp³-hybridized carbons (Fsp3) is 0.222. The molecule has 24 heavy (non-hydrogen) atoms. The molecule has 2 aromatic carbocycles. The van der Waals surface area contributed by atoms with Crippen molar-refractivity contribution in [2.75, 3.05) is 0 Å². The third-order valence-electron chi connectivity index (χ3n) is 3.30. The van der Waals surface area contributed by atoms with Gasteiger partial charge in [-0.2, -0.15) is 0 Å². The number of hydrogen-bond acceptors (Lipinski definition) is 3. The molecule has 0 heterocycles. The minimum Gasteiger partial charge on any atom is -0.277 e. The van der Waals surface area contributed by atoms with Crippen molar-refractivity contribution < 1.29 is 14.0 Å². The van der Waals surface area contributed by atoms with Gasteiger partial charge in [0.25, 0.3) is 5.91 Å². The molecule has 0 radical (unpaired) electrons. The smallest absolute Gasteiger partial charge is 0.277 e. The van der Waals surface area contributed by atoms with Crippen LogP contribution in [0.2, 0.25) is 0 Å². The molecule has 2 aromatic rings. The molecule has 6 heteroatoms. The molecule has 2 N–H and O–H groups in total. The number of halogens is 1. The summed E-state index contributed by atoms with van der Waals surface area (Å²) >= 11 is 0.931. The van der Waals surface area contributed by atoms with Crippen LogP contribution in [-0.4, -0.2) is 11.9 Å². The lowest BCUT2D eigenvalue weighted by Crippen LogP contribution is -2.36. The predicted octanol–water partition coefficient (Wildman–Crippen LogP) is 4.27. The molecule has 0 aromatic heterocycles. The topological polar surface area (TPSA) is 58.2 Å². The van der Waals surface area contributed by atoms with Gasteiger partial charge in [-0.3, -0.25) is 14.8 Å². The van der Waals surface area contributed by atoms with E-state index in [9.17, 15) is 14.0 Å². The molecule has 4 nitrogen and oxygen atoms in total. The van der Waals surface area contributed by atoms with Gasteiger partial charge in [-0.1, -0.05) is 39.0 Å². The maximum absolute atomic E-state index is 13.0. The normalized spacial score (nSPS) is 11.0. The number of nitrogens with one attached hydrogen (secondary N) is 2. The van der Waals surface area contributed by atoms with Crippen LogP contribution < -0.4 is 10.0 Å². The lowest BCUT2D eigenvalue weighted by molar-refractivity contribution is 0.0965. The van der Waals surface area contributed by atoms with Gasteiger partial charge in [0.1, 0.15) is 5.82 Å². The highest BCUT2D eigenvalue weighted by Gasteiger charge is 2.15. The van der Waals surface area contributed by atoms with Gasteiger partial charge in [0.15, 0.2) is 0 Å². The van der Waals surface area contributed by atoms with Gasteiger partial charge in [0.2, 0.25) is 0 Å². The molecule has 0 bridgehead atoms. The fourth-order valence-electron chi connectivity index (χ4n) is 1.96. The quantitative estimate of drug-likeness (QED) is 0.816. The molecule has 0 aliphatic heterocycles. The van der Waals surface area contributed by atoms with E-state index >= 15 is 0 Å². The fourth-order valence-corrected chi connectivity index (χ4v) is 2.54. The van der Waals surface area contributed by atoms with Crippen molar-refractivity contribution in [2.45, 2.75) is 31.1 Å². The summed E-state index contributed by atoms with van der Waals surface area (Å²) in [6.45, 7) is 6.25. The zero-order valence-electron chi connectivity index (χ0n) is 13.7. The van der Waals surface area contributed by atoms with Gasteiger partial charge in [-0.25, -0.2) is 9.18 Å². The summed E-state index contributed by atoms with van der Waals surface area (Å²) in [5.41, 5.74) is 1.49. The van der Waals surface area contributed by atoms with Gasteiger partial charge in [0, 0.05) is 10.5 Å². The molecule has 0 aliphatic carbocycles. The number of urea groups is 1. The van der Waals surface area contributed by atoms with E-state index in [1.54, 1.807) is 24.3 Å².